The summed E-state index contributed by atoms with van der Waals surface area (Å²) in [6.07, 6.45) is 0. The van der Waals surface area contributed by atoms with Gasteiger partial charge in [0.05, 0.1) is 19.8 Å². The number of amides is 1. The Morgan fingerprint density at radius 2 is 2.08 bits per heavy atom. The van der Waals surface area contributed by atoms with Crippen LogP contribution in [0.15, 0.2) is 0 Å². The minimum atomic E-state index is 0.219. The third kappa shape index (κ3) is 1.69. The van der Waals surface area contributed by atoms with E-state index in [1.54, 1.807) is 7.05 Å². The fourth-order valence-electron chi connectivity index (χ4n) is 2.15. The van der Waals surface area contributed by atoms with Crippen LogP contribution in [-0.2, 0) is 9.53 Å². The number of hydrogen-bond donors (Lipinski definition) is 1. The molecular weight excluding hydrogens is 168 g/mol. The van der Waals surface area contributed by atoms with Crippen LogP contribution < -0.4 is 5.32 Å². The number of nitrogens with one attached hydrogen (secondary N) is 1. The molecule has 0 radical (unpaired) electrons. The highest BCUT2D eigenvalue weighted by molar-refractivity contribution is 5.78. The van der Waals surface area contributed by atoms with Gasteiger partial charge in [0.1, 0.15) is 0 Å². The smallest absolute Gasteiger partial charge is 0.236 e. The monoisotopic (exact) mass is 184 g/mol. The molecule has 0 spiro atoms. The summed E-state index contributed by atoms with van der Waals surface area (Å²) in [6.45, 7) is 3.93. The van der Waals surface area contributed by atoms with Crippen molar-refractivity contribution in [3.8, 4) is 0 Å². The summed E-state index contributed by atoms with van der Waals surface area (Å²) in [5, 5.41) is 2.89. The zero-order valence-electron chi connectivity index (χ0n) is 7.95. The Labute approximate surface area is 78.2 Å². The molecule has 0 aliphatic carbocycles. The molecule has 1 N–H and O–H groups in total. The molecule has 0 unspecified atom stereocenters. The van der Waals surface area contributed by atoms with Crippen molar-refractivity contribution < 1.29 is 9.53 Å². The summed E-state index contributed by atoms with van der Waals surface area (Å²) in [7, 11) is 1.80. The SMILES string of the molecule is CNCC(=O)N1C[C@@H]2COC[C@H]2C1. The van der Waals surface area contributed by atoms with Gasteiger partial charge in [-0.25, -0.2) is 0 Å². The van der Waals surface area contributed by atoms with Crippen LogP contribution in [0.2, 0.25) is 0 Å². The number of nitrogens with zero attached hydrogens (tertiary/aromatic N) is 1. The van der Waals surface area contributed by atoms with Gasteiger partial charge in [-0.05, 0) is 7.05 Å². The molecule has 2 heterocycles. The van der Waals surface area contributed by atoms with Crippen molar-refractivity contribution in [2.75, 3.05) is 39.9 Å². The molecule has 4 nitrogen and oxygen atoms in total. The van der Waals surface area contributed by atoms with Gasteiger partial charge < -0.3 is 15.0 Å². The summed E-state index contributed by atoms with van der Waals surface area (Å²) in [5.74, 6) is 1.42. The lowest BCUT2D eigenvalue weighted by molar-refractivity contribution is -0.129. The van der Waals surface area contributed by atoms with Gasteiger partial charge in [-0.1, -0.05) is 0 Å². The van der Waals surface area contributed by atoms with Crippen LogP contribution in [0.1, 0.15) is 0 Å². The average Bonchev–Trinajstić information content (AvgIpc) is 2.61. The average molecular weight is 184 g/mol. The maximum atomic E-state index is 11.5. The molecule has 0 saturated carbocycles. The molecule has 0 aromatic rings. The van der Waals surface area contributed by atoms with E-state index in [2.05, 4.69) is 5.32 Å². The van der Waals surface area contributed by atoms with Gasteiger partial charge in [-0.3, -0.25) is 4.79 Å². The van der Waals surface area contributed by atoms with E-state index in [1.165, 1.54) is 0 Å². The Kier molecular flexibility index (Phi) is 2.51. The molecule has 74 valence electrons. The minimum Gasteiger partial charge on any atom is -0.381 e. The molecule has 0 aromatic carbocycles. The first-order chi connectivity index (χ1) is 6.31. The summed E-state index contributed by atoms with van der Waals surface area (Å²) in [6, 6.07) is 0. The summed E-state index contributed by atoms with van der Waals surface area (Å²) in [4.78, 5) is 13.5. The Balaban J connectivity index is 1.87. The second-order valence-electron chi connectivity index (χ2n) is 3.89. The van der Waals surface area contributed by atoms with Crippen molar-refractivity contribution in [2.24, 2.45) is 11.8 Å². The lowest BCUT2D eigenvalue weighted by Gasteiger charge is -2.16. The molecule has 13 heavy (non-hydrogen) atoms. The number of fused-ring (bicyclic) bond motifs is 1. The summed E-state index contributed by atoms with van der Waals surface area (Å²) < 4.78 is 5.35. The zero-order chi connectivity index (χ0) is 9.26. The number of likely N-dealkylation sites (tertiary alicyclic amines) is 1. The van der Waals surface area contributed by atoms with E-state index in [4.69, 9.17) is 4.74 Å². The number of likely N-dealkylation sites (N-methyl/N-ethyl adjacent to an activating group) is 1. The van der Waals surface area contributed by atoms with Gasteiger partial charge in [0.25, 0.3) is 0 Å². The first-order valence-electron chi connectivity index (χ1n) is 4.81. The van der Waals surface area contributed by atoms with Crippen LogP contribution in [0.5, 0.6) is 0 Å². The van der Waals surface area contributed by atoms with Crippen molar-refractivity contribution in [3.05, 3.63) is 0 Å². The van der Waals surface area contributed by atoms with Crippen LogP contribution >= 0.6 is 0 Å². The number of ether oxygens (including phenoxy) is 1. The fraction of sp³-hybridized carbons (Fsp3) is 0.889. The molecule has 4 heteroatoms. The van der Waals surface area contributed by atoms with E-state index in [9.17, 15) is 4.79 Å². The normalized spacial score (nSPS) is 32.2. The van der Waals surface area contributed by atoms with Crippen LogP contribution in [0.25, 0.3) is 0 Å². The Morgan fingerprint density at radius 3 is 2.62 bits per heavy atom. The van der Waals surface area contributed by atoms with Crippen molar-refractivity contribution in [1.82, 2.24) is 10.2 Å². The highest BCUT2D eigenvalue weighted by atomic mass is 16.5. The molecular formula is C9H16N2O2. The van der Waals surface area contributed by atoms with E-state index >= 15 is 0 Å². The van der Waals surface area contributed by atoms with E-state index in [1.807, 2.05) is 4.90 Å². The van der Waals surface area contributed by atoms with E-state index in [0.717, 1.165) is 26.3 Å². The third-order valence-electron chi connectivity index (χ3n) is 2.92. The van der Waals surface area contributed by atoms with Gasteiger partial charge in [-0.2, -0.15) is 0 Å². The number of rotatable bonds is 2. The maximum Gasteiger partial charge on any atom is 0.236 e. The largest absolute Gasteiger partial charge is 0.381 e. The first-order valence-corrected chi connectivity index (χ1v) is 4.81. The molecule has 2 saturated heterocycles. The van der Waals surface area contributed by atoms with E-state index in [-0.39, 0.29) is 5.91 Å². The predicted molar refractivity (Wildman–Crippen MR) is 48.3 cm³/mol. The molecule has 2 fully saturated rings. The molecule has 2 atom stereocenters. The second kappa shape index (κ2) is 3.64. The van der Waals surface area contributed by atoms with E-state index in [0.29, 0.717) is 18.4 Å². The number of carbonyl (C=O) groups is 1. The molecule has 1 amide bonds. The number of carbonyl (C=O) groups excluding carboxylic acids is 1. The van der Waals surface area contributed by atoms with Crippen molar-refractivity contribution in [2.45, 2.75) is 0 Å². The topological polar surface area (TPSA) is 41.6 Å². The predicted octanol–water partition coefficient (Wildman–Crippen LogP) is -0.689. The van der Waals surface area contributed by atoms with Crippen LogP contribution in [0, 0.1) is 11.8 Å². The first kappa shape index (κ1) is 8.97. The van der Waals surface area contributed by atoms with Gasteiger partial charge >= 0.3 is 0 Å². The van der Waals surface area contributed by atoms with Crippen molar-refractivity contribution >= 4 is 5.91 Å². The molecule has 2 aliphatic rings. The Hall–Kier alpha value is -0.610. The lowest BCUT2D eigenvalue weighted by Crippen LogP contribution is -2.36. The van der Waals surface area contributed by atoms with Crippen LogP contribution in [-0.4, -0.2) is 50.7 Å². The highest BCUT2D eigenvalue weighted by Crippen LogP contribution is 2.28. The van der Waals surface area contributed by atoms with Gasteiger partial charge in [0.2, 0.25) is 5.91 Å². The lowest BCUT2D eigenvalue weighted by atomic mass is 10.0. The third-order valence-corrected chi connectivity index (χ3v) is 2.92. The zero-order valence-corrected chi connectivity index (χ0v) is 7.95. The highest BCUT2D eigenvalue weighted by Gasteiger charge is 2.38. The Morgan fingerprint density at radius 1 is 1.46 bits per heavy atom. The molecule has 2 rings (SSSR count). The molecule has 0 aromatic heterocycles. The quantitative estimate of drug-likeness (QED) is 0.617. The van der Waals surface area contributed by atoms with Crippen LogP contribution in [0.4, 0.5) is 0 Å². The van der Waals surface area contributed by atoms with Gasteiger partial charge in [-0.15, -0.1) is 0 Å². The fourth-order valence-corrected chi connectivity index (χ4v) is 2.15. The minimum absolute atomic E-state index is 0.219. The maximum absolute atomic E-state index is 11.5. The summed E-state index contributed by atoms with van der Waals surface area (Å²) >= 11 is 0. The molecule has 2 aliphatic heterocycles. The Bertz CT molecular complexity index is 196. The second-order valence-corrected chi connectivity index (χ2v) is 3.89. The van der Waals surface area contributed by atoms with Crippen molar-refractivity contribution in [1.29, 1.82) is 0 Å². The van der Waals surface area contributed by atoms with Gasteiger partial charge in [0.15, 0.2) is 0 Å². The summed E-state index contributed by atoms with van der Waals surface area (Å²) in [5.41, 5.74) is 0. The standard InChI is InChI=1S/C9H16N2O2/c1-10-2-9(12)11-3-7-5-13-6-8(7)4-11/h7-8,10H,2-6H2,1H3/t7-,8-/m1/s1. The number of hydrogen-bond acceptors (Lipinski definition) is 3. The molecule has 0 bridgehead atoms. The van der Waals surface area contributed by atoms with E-state index < -0.39 is 0 Å². The van der Waals surface area contributed by atoms with Crippen molar-refractivity contribution in [3.63, 3.8) is 0 Å². The van der Waals surface area contributed by atoms with Gasteiger partial charge in [0, 0.05) is 24.9 Å². The van der Waals surface area contributed by atoms with Crippen LogP contribution in [0.3, 0.4) is 0 Å².